The van der Waals surface area contributed by atoms with Gasteiger partial charge >= 0.3 is 0 Å². The van der Waals surface area contributed by atoms with Crippen molar-refractivity contribution in [3.8, 4) is 0 Å². The van der Waals surface area contributed by atoms with Gasteiger partial charge in [0.25, 0.3) is 5.91 Å². The maximum absolute atomic E-state index is 11.9. The highest BCUT2D eigenvalue weighted by Gasteiger charge is 2.11. The van der Waals surface area contributed by atoms with Gasteiger partial charge in [-0.25, -0.2) is 0 Å². The van der Waals surface area contributed by atoms with Crippen molar-refractivity contribution in [2.45, 2.75) is 13.0 Å². The van der Waals surface area contributed by atoms with Crippen LogP contribution < -0.4 is 11.1 Å². The zero-order valence-corrected chi connectivity index (χ0v) is 11.4. The molecule has 100 valence electrons. The third-order valence-corrected chi connectivity index (χ3v) is 2.52. The van der Waals surface area contributed by atoms with E-state index < -0.39 is 0 Å². The summed E-state index contributed by atoms with van der Waals surface area (Å²) in [5.74, 6) is -0.0440. The van der Waals surface area contributed by atoms with Crippen molar-refractivity contribution in [3.63, 3.8) is 0 Å². The van der Waals surface area contributed by atoms with Crippen LogP contribution in [0.5, 0.6) is 0 Å². The van der Waals surface area contributed by atoms with Crippen molar-refractivity contribution in [1.82, 2.24) is 4.90 Å². The van der Waals surface area contributed by atoms with E-state index in [9.17, 15) is 4.79 Å². The van der Waals surface area contributed by atoms with Gasteiger partial charge in [-0.1, -0.05) is 0 Å². The van der Waals surface area contributed by atoms with E-state index >= 15 is 0 Å². The summed E-state index contributed by atoms with van der Waals surface area (Å²) in [5.41, 5.74) is 7.87. The van der Waals surface area contributed by atoms with Crippen LogP contribution >= 0.6 is 0 Å². The zero-order chi connectivity index (χ0) is 13.7. The Morgan fingerprint density at radius 2 is 2.17 bits per heavy atom. The monoisotopic (exact) mass is 251 g/mol. The third-order valence-electron chi connectivity index (χ3n) is 2.52. The van der Waals surface area contributed by atoms with E-state index in [1.54, 1.807) is 39.4 Å². The Balaban J connectivity index is 2.91. The molecular formula is C13H21N3O2. The van der Waals surface area contributed by atoms with E-state index in [1.165, 1.54) is 4.90 Å². The highest BCUT2D eigenvalue weighted by Crippen LogP contribution is 2.21. The number of hydrogen-bond donors (Lipinski definition) is 2. The first-order chi connectivity index (χ1) is 8.45. The Labute approximate surface area is 108 Å². The van der Waals surface area contributed by atoms with Crippen LogP contribution in [0.4, 0.5) is 11.4 Å². The van der Waals surface area contributed by atoms with Crippen LogP contribution in [0.25, 0.3) is 0 Å². The first-order valence-corrected chi connectivity index (χ1v) is 5.82. The summed E-state index contributed by atoms with van der Waals surface area (Å²) in [4.78, 5) is 13.4. The van der Waals surface area contributed by atoms with E-state index in [2.05, 4.69) is 5.32 Å². The summed E-state index contributed by atoms with van der Waals surface area (Å²) in [5, 5.41) is 3.22. The molecule has 1 rings (SSSR count). The fourth-order valence-electron chi connectivity index (χ4n) is 1.63. The lowest BCUT2D eigenvalue weighted by Crippen LogP contribution is -2.24. The molecule has 0 radical (unpaired) electrons. The number of benzene rings is 1. The van der Waals surface area contributed by atoms with E-state index in [0.29, 0.717) is 17.9 Å². The average molecular weight is 251 g/mol. The van der Waals surface area contributed by atoms with Gasteiger partial charge in [0.1, 0.15) is 0 Å². The minimum Gasteiger partial charge on any atom is -0.397 e. The summed E-state index contributed by atoms with van der Waals surface area (Å²) < 4.78 is 5.05. The minimum absolute atomic E-state index is 0.0440. The molecular weight excluding hydrogens is 230 g/mol. The van der Waals surface area contributed by atoms with Gasteiger partial charge in [-0.3, -0.25) is 4.79 Å². The molecule has 0 aliphatic carbocycles. The second-order valence-corrected chi connectivity index (χ2v) is 4.50. The number of anilines is 2. The molecule has 0 spiro atoms. The molecule has 1 aromatic rings. The van der Waals surface area contributed by atoms with E-state index in [-0.39, 0.29) is 11.9 Å². The molecule has 0 fully saturated rings. The number of carbonyl (C=O) groups excluding carboxylic acids is 1. The number of nitrogen functional groups attached to an aromatic ring is 1. The van der Waals surface area contributed by atoms with Gasteiger partial charge in [0.2, 0.25) is 0 Å². The molecule has 1 atom stereocenters. The van der Waals surface area contributed by atoms with E-state index in [0.717, 1.165) is 5.69 Å². The number of carbonyl (C=O) groups is 1. The third kappa shape index (κ3) is 3.63. The summed E-state index contributed by atoms with van der Waals surface area (Å²) in [6, 6.07) is 5.36. The number of nitrogens with one attached hydrogen (secondary N) is 1. The SMILES string of the molecule is COCC(C)Nc1cc(C(=O)N(C)C)ccc1N. The Hall–Kier alpha value is -1.75. The fraction of sp³-hybridized carbons (Fsp3) is 0.462. The zero-order valence-electron chi connectivity index (χ0n) is 11.4. The number of ether oxygens (including phenoxy) is 1. The van der Waals surface area contributed by atoms with Gasteiger partial charge in [0.15, 0.2) is 0 Å². The van der Waals surface area contributed by atoms with Crippen LogP contribution in [-0.4, -0.2) is 44.7 Å². The van der Waals surface area contributed by atoms with Crippen molar-refractivity contribution in [2.75, 3.05) is 38.9 Å². The quantitative estimate of drug-likeness (QED) is 0.777. The standard InChI is InChI=1S/C13H21N3O2/c1-9(8-18-4)15-12-7-10(5-6-11(12)14)13(17)16(2)3/h5-7,9,15H,8,14H2,1-4H3. The number of nitrogens with two attached hydrogens (primary N) is 1. The van der Waals surface area contributed by atoms with Crippen LogP contribution in [0.1, 0.15) is 17.3 Å². The number of hydrogen-bond acceptors (Lipinski definition) is 4. The molecule has 1 aromatic carbocycles. The Morgan fingerprint density at radius 1 is 1.50 bits per heavy atom. The predicted octanol–water partition coefficient (Wildman–Crippen LogP) is 1.42. The molecule has 5 heteroatoms. The van der Waals surface area contributed by atoms with Gasteiger partial charge in [-0.2, -0.15) is 0 Å². The summed E-state index contributed by atoms with van der Waals surface area (Å²) >= 11 is 0. The Kier molecular flexibility index (Phi) is 4.97. The molecule has 0 heterocycles. The van der Waals surface area contributed by atoms with Crippen LogP contribution in [0.3, 0.4) is 0 Å². The van der Waals surface area contributed by atoms with Crippen LogP contribution in [0, 0.1) is 0 Å². The van der Waals surface area contributed by atoms with E-state index in [4.69, 9.17) is 10.5 Å². The smallest absolute Gasteiger partial charge is 0.253 e. The van der Waals surface area contributed by atoms with Crippen molar-refractivity contribution in [1.29, 1.82) is 0 Å². The Bertz CT molecular complexity index is 419. The topological polar surface area (TPSA) is 67.6 Å². The molecule has 1 amide bonds. The highest BCUT2D eigenvalue weighted by atomic mass is 16.5. The summed E-state index contributed by atoms with van der Waals surface area (Å²) in [6.07, 6.45) is 0. The lowest BCUT2D eigenvalue weighted by molar-refractivity contribution is 0.0827. The summed E-state index contributed by atoms with van der Waals surface area (Å²) in [7, 11) is 5.09. The van der Waals surface area contributed by atoms with Gasteiger partial charge in [0, 0.05) is 32.8 Å². The fourth-order valence-corrected chi connectivity index (χ4v) is 1.63. The molecule has 0 bridgehead atoms. The lowest BCUT2D eigenvalue weighted by Gasteiger charge is -2.17. The molecule has 3 N–H and O–H groups in total. The van der Waals surface area contributed by atoms with Crippen molar-refractivity contribution >= 4 is 17.3 Å². The molecule has 0 aliphatic heterocycles. The molecule has 18 heavy (non-hydrogen) atoms. The van der Waals surface area contributed by atoms with Crippen molar-refractivity contribution in [3.05, 3.63) is 23.8 Å². The molecule has 5 nitrogen and oxygen atoms in total. The summed E-state index contributed by atoms with van der Waals surface area (Å²) in [6.45, 7) is 2.56. The van der Waals surface area contributed by atoms with E-state index in [1.807, 2.05) is 6.92 Å². The van der Waals surface area contributed by atoms with Crippen LogP contribution in [-0.2, 0) is 4.74 Å². The van der Waals surface area contributed by atoms with Gasteiger partial charge in [0.05, 0.1) is 18.0 Å². The van der Waals surface area contributed by atoms with Crippen molar-refractivity contribution < 1.29 is 9.53 Å². The second-order valence-electron chi connectivity index (χ2n) is 4.50. The van der Waals surface area contributed by atoms with Crippen LogP contribution in [0.15, 0.2) is 18.2 Å². The molecule has 0 saturated heterocycles. The Morgan fingerprint density at radius 3 is 2.72 bits per heavy atom. The van der Waals surface area contributed by atoms with Gasteiger partial charge in [-0.15, -0.1) is 0 Å². The number of rotatable bonds is 5. The molecule has 0 aliphatic rings. The molecule has 0 saturated carbocycles. The average Bonchev–Trinajstić information content (AvgIpc) is 2.31. The maximum Gasteiger partial charge on any atom is 0.253 e. The normalized spacial score (nSPS) is 12.0. The first-order valence-electron chi connectivity index (χ1n) is 5.82. The highest BCUT2D eigenvalue weighted by molar-refractivity contribution is 5.95. The largest absolute Gasteiger partial charge is 0.397 e. The predicted molar refractivity (Wildman–Crippen MR) is 73.8 cm³/mol. The van der Waals surface area contributed by atoms with Gasteiger partial charge < -0.3 is 20.7 Å². The number of amides is 1. The first kappa shape index (κ1) is 14.3. The van der Waals surface area contributed by atoms with Crippen molar-refractivity contribution in [2.24, 2.45) is 0 Å². The number of nitrogens with zero attached hydrogens (tertiary/aromatic N) is 1. The second kappa shape index (κ2) is 6.26. The minimum atomic E-state index is -0.0440. The van der Waals surface area contributed by atoms with Gasteiger partial charge in [-0.05, 0) is 25.1 Å². The molecule has 0 aromatic heterocycles. The van der Waals surface area contributed by atoms with Crippen LogP contribution in [0.2, 0.25) is 0 Å². The number of methoxy groups -OCH3 is 1. The lowest BCUT2D eigenvalue weighted by atomic mass is 10.1. The maximum atomic E-state index is 11.9. The molecule has 1 unspecified atom stereocenters.